The third kappa shape index (κ3) is 2.47. The van der Waals surface area contributed by atoms with E-state index in [0.717, 1.165) is 12.8 Å². The number of rotatable bonds is 3. The van der Waals surface area contributed by atoms with Gasteiger partial charge in [-0.25, -0.2) is 0 Å². The molecule has 1 saturated carbocycles. The fraction of sp³-hybridized carbons (Fsp3) is 0.417. The van der Waals surface area contributed by atoms with Crippen LogP contribution in [-0.4, -0.2) is 11.1 Å². The summed E-state index contributed by atoms with van der Waals surface area (Å²) in [7, 11) is 0. The molecule has 0 saturated heterocycles. The predicted molar refractivity (Wildman–Crippen MR) is 70.2 cm³/mol. The lowest BCUT2D eigenvalue weighted by atomic mass is 10.2. The van der Waals surface area contributed by atoms with Gasteiger partial charge in [0.05, 0.1) is 16.7 Å². The van der Waals surface area contributed by atoms with E-state index < -0.39 is 0 Å². The normalized spacial score (nSPS) is 16.3. The van der Waals surface area contributed by atoms with Crippen LogP contribution < -0.4 is 10.5 Å². The van der Waals surface area contributed by atoms with E-state index in [4.69, 9.17) is 34.3 Å². The van der Waals surface area contributed by atoms with E-state index in [9.17, 15) is 0 Å². The Morgan fingerprint density at radius 1 is 1.38 bits per heavy atom. The van der Waals surface area contributed by atoms with E-state index in [1.165, 1.54) is 12.8 Å². The molecule has 0 aromatic heterocycles. The highest BCUT2D eigenvalue weighted by Crippen LogP contribution is 2.30. The number of halogens is 1. The smallest absolute Gasteiger partial charge is 0.131 e. The summed E-state index contributed by atoms with van der Waals surface area (Å²) in [5.74, 6) is 0.715. The number of hydrogen-bond donors (Lipinski definition) is 1. The molecule has 2 N–H and O–H groups in total. The number of thiocarbonyl (C=S) groups is 1. The summed E-state index contributed by atoms with van der Waals surface area (Å²) in [6, 6.07) is 5.50. The average Bonchev–Trinajstić information content (AvgIpc) is 2.70. The van der Waals surface area contributed by atoms with Crippen molar-refractivity contribution >= 4 is 28.8 Å². The summed E-state index contributed by atoms with van der Waals surface area (Å²) in [4.78, 5) is 0.290. The predicted octanol–water partition coefficient (Wildman–Crippen LogP) is 3.30. The number of nitrogens with two attached hydrogens (primary N) is 1. The Bertz CT molecular complexity index is 402. The monoisotopic (exact) mass is 255 g/mol. The van der Waals surface area contributed by atoms with Gasteiger partial charge in [-0.2, -0.15) is 0 Å². The van der Waals surface area contributed by atoms with Crippen molar-refractivity contribution in [3.8, 4) is 5.75 Å². The first-order valence-corrected chi connectivity index (χ1v) is 6.22. The van der Waals surface area contributed by atoms with Gasteiger partial charge in [0.2, 0.25) is 0 Å². The van der Waals surface area contributed by atoms with Crippen molar-refractivity contribution in [3.05, 3.63) is 28.8 Å². The van der Waals surface area contributed by atoms with E-state index in [0.29, 0.717) is 21.3 Å². The fourth-order valence-corrected chi connectivity index (χ4v) is 2.56. The summed E-state index contributed by atoms with van der Waals surface area (Å²) in [5, 5.41) is 0.558. The van der Waals surface area contributed by atoms with Crippen molar-refractivity contribution in [2.75, 3.05) is 0 Å². The highest BCUT2D eigenvalue weighted by Gasteiger charge is 2.19. The first-order chi connectivity index (χ1) is 7.68. The fourth-order valence-electron chi connectivity index (χ4n) is 2.03. The molecule has 2 nitrogen and oxygen atoms in total. The Labute approximate surface area is 106 Å². The molecule has 1 aliphatic rings. The van der Waals surface area contributed by atoms with Gasteiger partial charge in [-0.3, -0.25) is 0 Å². The average molecular weight is 256 g/mol. The van der Waals surface area contributed by atoms with Crippen LogP contribution in [0.4, 0.5) is 0 Å². The number of benzene rings is 1. The summed E-state index contributed by atoms with van der Waals surface area (Å²) >= 11 is 11.1. The zero-order chi connectivity index (χ0) is 11.5. The molecule has 0 unspecified atom stereocenters. The van der Waals surface area contributed by atoms with Crippen LogP contribution in [0.3, 0.4) is 0 Å². The second kappa shape index (κ2) is 5.02. The Morgan fingerprint density at radius 3 is 2.69 bits per heavy atom. The molecular formula is C12H14ClNOS. The van der Waals surface area contributed by atoms with Crippen LogP contribution in [0.2, 0.25) is 5.02 Å². The first-order valence-electron chi connectivity index (χ1n) is 5.43. The standard InChI is InChI=1S/C12H14ClNOS/c13-9-6-3-7-10(11(9)12(14)16)15-8-4-1-2-5-8/h3,6-8H,1-2,4-5H2,(H2,14,16). The lowest BCUT2D eigenvalue weighted by molar-refractivity contribution is 0.209. The van der Waals surface area contributed by atoms with Gasteiger partial charge >= 0.3 is 0 Å². The molecule has 0 spiro atoms. The molecule has 16 heavy (non-hydrogen) atoms. The molecule has 86 valence electrons. The topological polar surface area (TPSA) is 35.2 Å². The van der Waals surface area contributed by atoms with E-state index >= 15 is 0 Å². The third-order valence-electron chi connectivity index (χ3n) is 2.82. The molecule has 1 aromatic carbocycles. The minimum Gasteiger partial charge on any atom is -0.490 e. The van der Waals surface area contributed by atoms with Crippen molar-refractivity contribution in [3.63, 3.8) is 0 Å². The maximum atomic E-state index is 6.06. The molecule has 4 heteroatoms. The van der Waals surface area contributed by atoms with E-state index in [2.05, 4.69) is 0 Å². The largest absolute Gasteiger partial charge is 0.490 e. The lowest BCUT2D eigenvalue weighted by Crippen LogP contribution is -2.17. The zero-order valence-corrected chi connectivity index (χ0v) is 10.5. The zero-order valence-electron chi connectivity index (χ0n) is 8.91. The highest BCUT2D eigenvalue weighted by molar-refractivity contribution is 7.80. The molecule has 0 atom stereocenters. The molecular weight excluding hydrogens is 242 g/mol. The molecule has 0 bridgehead atoms. The Hall–Kier alpha value is -0.800. The van der Waals surface area contributed by atoms with Gasteiger partial charge in [-0.1, -0.05) is 29.9 Å². The van der Waals surface area contributed by atoms with Crippen molar-refractivity contribution in [1.29, 1.82) is 0 Å². The van der Waals surface area contributed by atoms with Gasteiger partial charge in [0.25, 0.3) is 0 Å². The molecule has 1 fully saturated rings. The molecule has 1 aromatic rings. The molecule has 0 aliphatic heterocycles. The van der Waals surface area contributed by atoms with Gasteiger partial charge in [0.1, 0.15) is 10.7 Å². The second-order valence-electron chi connectivity index (χ2n) is 4.00. The van der Waals surface area contributed by atoms with Crippen molar-refractivity contribution in [2.24, 2.45) is 5.73 Å². The Balaban J connectivity index is 2.25. The first kappa shape index (κ1) is 11.7. The number of hydrogen-bond acceptors (Lipinski definition) is 2. The summed E-state index contributed by atoms with van der Waals surface area (Å²) in [6.45, 7) is 0. The lowest BCUT2D eigenvalue weighted by Gasteiger charge is -2.16. The Kier molecular flexibility index (Phi) is 3.66. The molecule has 1 aliphatic carbocycles. The van der Waals surface area contributed by atoms with Crippen LogP contribution in [0, 0.1) is 0 Å². The maximum Gasteiger partial charge on any atom is 0.131 e. The van der Waals surface area contributed by atoms with Crippen LogP contribution in [-0.2, 0) is 0 Å². The van der Waals surface area contributed by atoms with E-state index in [1.54, 1.807) is 6.07 Å². The Morgan fingerprint density at radius 2 is 2.06 bits per heavy atom. The van der Waals surface area contributed by atoms with Gasteiger partial charge in [0.15, 0.2) is 0 Å². The van der Waals surface area contributed by atoms with Crippen LogP contribution >= 0.6 is 23.8 Å². The van der Waals surface area contributed by atoms with Gasteiger partial charge in [0, 0.05) is 0 Å². The third-order valence-corrected chi connectivity index (χ3v) is 3.34. The van der Waals surface area contributed by atoms with Crippen molar-refractivity contribution < 1.29 is 4.74 Å². The SMILES string of the molecule is NC(=S)c1c(Cl)cccc1OC1CCCC1. The van der Waals surface area contributed by atoms with Crippen LogP contribution in [0.1, 0.15) is 31.2 Å². The van der Waals surface area contributed by atoms with Gasteiger partial charge in [-0.05, 0) is 37.8 Å². The van der Waals surface area contributed by atoms with Gasteiger partial charge < -0.3 is 10.5 Å². The van der Waals surface area contributed by atoms with Crippen LogP contribution in [0.25, 0.3) is 0 Å². The minimum absolute atomic E-state index is 0.284. The van der Waals surface area contributed by atoms with Gasteiger partial charge in [-0.15, -0.1) is 0 Å². The molecule has 0 heterocycles. The van der Waals surface area contributed by atoms with Crippen LogP contribution in [0.5, 0.6) is 5.75 Å². The summed E-state index contributed by atoms with van der Waals surface area (Å²) in [6.07, 6.45) is 4.94. The van der Waals surface area contributed by atoms with Crippen molar-refractivity contribution in [1.82, 2.24) is 0 Å². The van der Waals surface area contributed by atoms with E-state index in [-0.39, 0.29) is 6.10 Å². The highest BCUT2D eigenvalue weighted by atomic mass is 35.5. The summed E-state index contributed by atoms with van der Waals surface area (Å²) < 4.78 is 5.90. The summed E-state index contributed by atoms with van der Waals surface area (Å²) in [5.41, 5.74) is 6.32. The molecule has 2 rings (SSSR count). The molecule has 0 amide bonds. The number of ether oxygens (including phenoxy) is 1. The quantitative estimate of drug-likeness (QED) is 0.842. The maximum absolute atomic E-state index is 6.06. The second-order valence-corrected chi connectivity index (χ2v) is 4.85. The minimum atomic E-state index is 0.284. The van der Waals surface area contributed by atoms with Crippen LogP contribution in [0.15, 0.2) is 18.2 Å². The van der Waals surface area contributed by atoms with E-state index in [1.807, 2.05) is 12.1 Å². The molecule has 0 radical (unpaired) electrons. The van der Waals surface area contributed by atoms with Crippen molar-refractivity contribution in [2.45, 2.75) is 31.8 Å².